The first-order valence-corrected chi connectivity index (χ1v) is 15.5. The van der Waals surface area contributed by atoms with E-state index in [1.165, 1.54) is 5.92 Å². The van der Waals surface area contributed by atoms with E-state index in [0.29, 0.717) is 12.4 Å². The van der Waals surface area contributed by atoms with E-state index in [0.717, 1.165) is 45.2 Å². The Morgan fingerprint density at radius 3 is 2.29 bits per heavy atom. The Morgan fingerprint density at radius 2 is 1.50 bits per heavy atom. The fourth-order valence-corrected chi connectivity index (χ4v) is 7.48. The fourth-order valence-electron chi connectivity index (χ4n) is 6.05. The second kappa shape index (κ2) is 11.1. The minimum absolute atomic E-state index is 0.164. The zero-order valence-electron chi connectivity index (χ0n) is 22.7. The highest BCUT2D eigenvalue weighted by Crippen LogP contribution is 2.51. The molecular formula is C35H29O6S. The van der Waals surface area contributed by atoms with E-state index in [2.05, 4.69) is 12.8 Å². The number of fused-ring (bicyclic) bond motifs is 3. The van der Waals surface area contributed by atoms with Crippen molar-refractivity contribution in [2.75, 3.05) is 6.61 Å². The Kier molecular flexibility index (Phi) is 7.16. The highest BCUT2D eigenvalue weighted by atomic mass is 32.2. The van der Waals surface area contributed by atoms with Gasteiger partial charge >= 0.3 is 10.1 Å². The Hall–Kier alpha value is -3.81. The van der Waals surface area contributed by atoms with Crippen molar-refractivity contribution < 1.29 is 27.2 Å². The Bertz CT molecular complexity index is 1710. The molecule has 3 atom stereocenters. The number of ether oxygens (including phenoxy) is 2. The van der Waals surface area contributed by atoms with E-state index in [1.54, 1.807) is 24.3 Å². The average molecular weight is 578 g/mol. The summed E-state index contributed by atoms with van der Waals surface area (Å²) in [4.78, 5) is 0. The Morgan fingerprint density at radius 1 is 0.810 bits per heavy atom. The van der Waals surface area contributed by atoms with Crippen LogP contribution in [0.2, 0.25) is 0 Å². The van der Waals surface area contributed by atoms with Gasteiger partial charge < -0.3 is 18.8 Å². The molecular weight excluding hydrogens is 548 g/mol. The summed E-state index contributed by atoms with van der Waals surface area (Å²) in [5.41, 5.74) is 3.49. The molecule has 42 heavy (non-hydrogen) atoms. The Balaban J connectivity index is 1.18. The van der Waals surface area contributed by atoms with Crippen molar-refractivity contribution in [2.24, 2.45) is 0 Å². The number of benzene rings is 4. The van der Waals surface area contributed by atoms with Crippen LogP contribution >= 0.6 is 0 Å². The fraction of sp³-hybridized carbons (Fsp3) is 0.171. The lowest BCUT2D eigenvalue weighted by Crippen LogP contribution is -2.35. The second-order valence-corrected chi connectivity index (χ2v) is 12.4. The zero-order chi connectivity index (χ0) is 28.7. The molecule has 5 radical (unpaired) electrons. The van der Waals surface area contributed by atoms with Gasteiger partial charge in [0, 0.05) is 11.8 Å². The van der Waals surface area contributed by atoms with Gasteiger partial charge in [-0.15, -0.1) is 0 Å². The van der Waals surface area contributed by atoms with E-state index in [9.17, 15) is 13.5 Å². The summed E-state index contributed by atoms with van der Waals surface area (Å²) >= 11 is 0. The first kappa shape index (κ1) is 27.0. The van der Waals surface area contributed by atoms with E-state index < -0.39 is 27.6 Å². The van der Waals surface area contributed by atoms with Crippen LogP contribution in [0.4, 0.5) is 0 Å². The smallest absolute Gasteiger partial charge is 0.315 e. The molecule has 7 heteroatoms. The highest BCUT2D eigenvalue weighted by molar-refractivity contribution is 7.87. The highest BCUT2D eigenvalue weighted by Gasteiger charge is 2.53. The van der Waals surface area contributed by atoms with Crippen molar-refractivity contribution in [2.45, 2.75) is 30.3 Å². The lowest BCUT2D eigenvalue weighted by atomic mass is 9.83. The summed E-state index contributed by atoms with van der Waals surface area (Å²) in [6.07, 6.45) is 8.15. The van der Waals surface area contributed by atoms with Crippen molar-refractivity contribution >= 4 is 32.0 Å². The van der Waals surface area contributed by atoms with E-state index in [-0.39, 0.29) is 12.2 Å². The number of phenolic OH excluding ortho intramolecular Hbond substituents is 1. The lowest BCUT2D eigenvalue weighted by molar-refractivity contribution is 0.128. The standard InChI is InChI=1S/C35H29O6S/c36-27-16-12-25(13-17-27)33-31-22-32(42(37,38)41-30-11-5-9-24-8-3-4-10-29(24)30)35(40-31)34(33)26-14-18-28(19-15-26)39-21-20-23-6-1-2-7-23/h1-19,31-32,35-36H,20-22H2/t31-,32+,35+/m1/s1. The van der Waals surface area contributed by atoms with Crippen LogP contribution in [-0.4, -0.2) is 37.6 Å². The van der Waals surface area contributed by atoms with Crippen molar-refractivity contribution in [3.63, 3.8) is 0 Å². The van der Waals surface area contributed by atoms with Gasteiger partial charge in [0.05, 0.1) is 12.7 Å². The molecule has 2 heterocycles. The summed E-state index contributed by atoms with van der Waals surface area (Å²) in [7, 11) is -4.05. The van der Waals surface area contributed by atoms with Gasteiger partial charge in [0.1, 0.15) is 28.6 Å². The molecule has 1 saturated heterocycles. The monoisotopic (exact) mass is 577 g/mol. The van der Waals surface area contributed by atoms with Gasteiger partial charge in [-0.3, -0.25) is 0 Å². The second-order valence-electron chi connectivity index (χ2n) is 10.7. The minimum atomic E-state index is -4.05. The SMILES string of the molecule is O=S(=O)(Oc1cccc2ccccc12)[C@H]1C[C@H]2O[C@@H]1C(c1ccc(OCC[C]3[CH][CH][CH][CH]3)cc1)=C2c1ccc(O)cc1. The topological polar surface area (TPSA) is 82.1 Å². The number of rotatable bonds is 9. The molecule has 0 unspecified atom stereocenters. The molecule has 6 nitrogen and oxygen atoms in total. The summed E-state index contributed by atoms with van der Waals surface area (Å²) in [6.45, 7) is 0.560. The van der Waals surface area contributed by atoms with Crippen molar-refractivity contribution in [1.82, 2.24) is 0 Å². The quantitative estimate of drug-likeness (QED) is 0.226. The van der Waals surface area contributed by atoms with Crippen LogP contribution in [0.15, 0.2) is 91.0 Å². The third kappa shape index (κ3) is 5.16. The van der Waals surface area contributed by atoms with Crippen LogP contribution in [-0.2, 0) is 14.9 Å². The van der Waals surface area contributed by atoms with Gasteiger partial charge in [-0.05, 0) is 96.0 Å². The molecule has 2 fully saturated rings. The molecule has 2 bridgehead atoms. The van der Waals surface area contributed by atoms with Crippen molar-refractivity contribution in [1.29, 1.82) is 0 Å². The lowest BCUT2D eigenvalue weighted by Gasteiger charge is -2.25. The molecule has 4 aromatic carbocycles. The number of hydrogen-bond donors (Lipinski definition) is 1. The van der Waals surface area contributed by atoms with Crippen LogP contribution < -0.4 is 8.92 Å². The maximum absolute atomic E-state index is 13.8. The van der Waals surface area contributed by atoms with Crippen LogP contribution in [0.1, 0.15) is 24.0 Å². The summed E-state index contributed by atoms with van der Waals surface area (Å²) in [6, 6.07) is 27.6. The normalized spacial score (nSPS) is 22.2. The summed E-state index contributed by atoms with van der Waals surface area (Å²) < 4.78 is 45.7. The first-order chi connectivity index (χ1) is 20.5. The minimum Gasteiger partial charge on any atom is -0.508 e. The molecule has 0 spiro atoms. The molecule has 3 aliphatic rings. The molecule has 0 amide bonds. The van der Waals surface area contributed by atoms with Crippen LogP contribution in [0, 0.1) is 31.6 Å². The molecule has 211 valence electrons. The van der Waals surface area contributed by atoms with Gasteiger partial charge in [-0.25, -0.2) is 0 Å². The number of phenols is 1. The van der Waals surface area contributed by atoms with E-state index >= 15 is 0 Å². The van der Waals surface area contributed by atoms with Gasteiger partial charge in [0.25, 0.3) is 0 Å². The third-order valence-electron chi connectivity index (χ3n) is 8.05. The Labute approximate surface area is 246 Å². The molecule has 0 aromatic heterocycles. The molecule has 2 aliphatic heterocycles. The molecule has 1 N–H and O–H groups in total. The van der Waals surface area contributed by atoms with Crippen molar-refractivity contribution in [3.8, 4) is 17.2 Å². The summed E-state index contributed by atoms with van der Waals surface area (Å²) in [5.74, 6) is 2.44. The molecule has 4 aromatic rings. The van der Waals surface area contributed by atoms with Gasteiger partial charge in [-0.1, -0.05) is 60.7 Å². The van der Waals surface area contributed by atoms with Gasteiger partial charge in [-0.2, -0.15) is 8.42 Å². The third-order valence-corrected chi connectivity index (χ3v) is 9.65. The predicted octanol–water partition coefficient (Wildman–Crippen LogP) is 6.58. The van der Waals surface area contributed by atoms with Gasteiger partial charge in [0.15, 0.2) is 0 Å². The summed E-state index contributed by atoms with van der Waals surface area (Å²) in [5, 5.41) is 10.6. The largest absolute Gasteiger partial charge is 0.508 e. The van der Waals surface area contributed by atoms with E-state index in [1.807, 2.05) is 79.6 Å². The zero-order valence-corrected chi connectivity index (χ0v) is 23.5. The van der Waals surface area contributed by atoms with Crippen LogP contribution in [0.5, 0.6) is 17.2 Å². The maximum Gasteiger partial charge on any atom is 0.315 e. The van der Waals surface area contributed by atoms with Crippen molar-refractivity contribution in [3.05, 3.63) is 134 Å². The predicted molar refractivity (Wildman–Crippen MR) is 162 cm³/mol. The number of aromatic hydroxyl groups is 1. The molecule has 1 aliphatic carbocycles. The average Bonchev–Trinajstić information content (AvgIpc) is 3.76. The number of hydrogen-bond acceptors (Lipinski definition) is 6. The van der Waals surface area contributed by atoms with E-state index in [4.69, 9.17) is 13.7 Å². The van der Waals surface area contributed by atoms with Crippen LogP contribution in [0.25, 0.3) is 21.9 Å². The first-order valence-electron chi connectivity index (χ1n) is 14.0. The van der Waals surface area contributed by atoms with Crippen LogP contribution in [0.3, 0.4) is 0 Å². The molecule has 1 saturated carbocycles. The molecule has 7 rings (SSSR count). The van der Waals surface area contributed by atoms with Gasteiger partial charge in [0.2, 0.25) is 0 Å². The maximum atomic E-state index is 13.8.